The van der Waals surface area contributed by atoms with E-state index >= 15 is 0 Å². The molecule has 9 heteroatoms. The van der Waals surface area contributed by atoms with Crippen molar-refractivity contribution in [1.82, 2.24) is 14.7 Å². The maximum absolute atomic E-state index is 12.1. The van der Waals surface area contributed by atoms with Crippen molar-refractivity contribution in [2.24, 2.45) is 12.1 Å². The summed E-state index contributed by atoms with van der Waals surface area (Å²) in [6, 6.07) is 15.7. The number of fused-ring (bicyclic) bond motifs is 1. The number of benzene rings is 2. The third-order valence-electron chi connectivity index (χ3n) is 3.47. The molecule has 2 N–H and O–H groups in total. The highest BCUT2D eigenvalue weighted by molar-refractivity contribution is 7.89. The van der Waals surface area contributed by atoms with Crippen LogP contribution in [0, 0.1) is 0 Å². The van der Waals surface area contributed by atoms with Gasteiger partial charge in [0.25, 0.3) is 5.91 Å². The van der Waals surface area contributed by atoms with Crippen LogP contribution in [0.4, 0.5) is 0 Å². The standard InChI is InChI=1S/C16H16N4O3S2/c1-20-13-9-5-6-10-14(13)24-16(20)19-18-15(21)11-17-25(22,23)12-7-3-2-4-8-12/h2-10,17H,11H2,1H3,(H,18,21). The Morgan fingerprint density at radius 1 is 1.12 bits per heavy atom. The highest BCUT2D eigenvalue weighted by atomic mass is 32.2. The van der Waals surface area contributed by atoms with Gasteiger partial charge in [-0.15, -0.1) is 5.10 Å². The average Bonchev–Trinajstić information content (AvgIpc) is 2.95. The Balaban J connectivity index is 1.67. The minimum atomic E-state index is -3.72. The number of sulfonamides is 1. The third-order valence-corrected chi connectivity index (χ3v) is 6.00. The van der Waals surface area contributed by atoms with Crippen molar-refractivity contribution >= 4 is 37.5 Å². The summed E-state index contributed by atoms with van der Waals surface area (Å²) in [6.07, 6.45) is 0. The van der Waals surface area contributed by atoms with Gasteiger partial charge in [-0.1, -0.05) is 41.7 Å². The van der Waals surface area contributed by atoms with Crippen molar-refractivity contribution in [3.05, 3.63) is 59.4 Å². The second kappa shape index (κ2) is 7.18. The number of nitrogens with zero attached hydrogens (tertiary/aromatic N) is 2. The number of carbonyl (C=O) groups excluding carboxylic acids is 1. The number of hydrogen-bond acceptors (Lipinski definition) is 5. The predicted octanol–water partition coefficient (Wildman–Crippen LogP) is 1.15. The molecule has 0 unspecified atom stereocenters. The number of carbonyl (C=O) groups is 1. The summed E-state index contributed by atoms with van der Waals surface area (Å²) in [6.45, 7) is -0.394. The molecule has 0 atom stereocenters. The summed E-state index contributed by atoms with van der Waals surface area (Å²) in [5.74, 6) is -0.544. The largest absolute Gasteiger partial charge is 0.318 e. The number of para-hydroxylation sites is 1. The molecule has 0 aliphatic carbocycles. The molecule has 0 bridgehead atoms. The van der Waals surface area contributed by atoms with E-state index in [4.69, 9.17) is 0 Å². The lowest BCUT2D eigenvalue weighted by molar-refractivity contribution is -0.120. The lowest BCUT2D eigenvalue weighted by Crippen LogP contribution is -2.35. The van der Waals surface area contributed by atoms with E-state index in [0.717, 1.165) is 10.2 Å². The predicted molar refractivity (Wildman–Crippen MR) is 96.1 cm³/mol. The Hall–Kier alpha value is -2.49. The molecule has 0 saturated carbocycles. The van der Waals surface area contributed by atoms with Crippen LogP contribution in [0.25, 0.3) is 10.2 Å². The van der Waals surface area contributed by atoms with Crippen LogP contribution in [-0.4, -0.2) is 25.4 Å². The minimum Gasteiger partial charge on any atom is -0.318 e. The molecule has 1 heterocycles. The number of aryl methyl sites for hydroxylation is 1. The van der Waals surface area contributed by atoms with Gasteiger partial charge in [-0.25, -0.2) is 18.6 Å². The monoisotopic (exact) mass is 376 g/mol. The minimum absolute atomic E-state index is 0.107. The molecule has 0 spiro atoms. The van der Waals surface area contributed by atoms with Crippen molar-refractivity contribution in [2.75, 3.05) is 6.54 Å². The van der Waals surface area contributed by atoms with Crippen LogP contribution in [0.3, 0.4) is 0 Å². The van der Waals surface area contributed by atoms with E-state index in [2.05, 4.69) is 15.2 Å². The summed E-state index contributed by atoms with van der Waals surface area (Å²) >= 11 is 1.43. The first-order chi connectivity index (χ1) is 12.0. The van der Waals surface area contributed by atoms with Gasteiger partial charge in [-0.2, -0.15) is 0 Å². The lowest BCUT2D eigenvalue weighted by Gasteiger charge is -2.05. The van der Waals surface area contributed by atoms with E-state index in [1.54, 1.807) is 18.2 Å². The van der Waals surface area contributed by atoms with E-state index in [9.17, 15) is 13.2 Å². The summed E-state index contributed by atoms with van der Waals surface area (Å²) in [4.78, 5) is 12.6. The van der Waals surface area contributed by atoms with E-state index in [-0.39, 0.29) is 4.90 Å². The van der Waals surface area contributed by atoms with Crippen LogP contribution in [0.15, 0.2) is 64.6 Å². The van der Waals surface area contributed by atoms with Crippen molar-refractivity contribution in [3.8, 4) is 0 Å². The first kappa shape index (κ1) is 17.3. The molecule has 7 nitrogen and oxygen atoms in total. The number of hydrogen-bond donors (Lipinski definition) is 2. The summed E-state index contributed by atoms with van der Waals surface area (Å²) in [7, 11) is -1.87. The quantitative estimate of drug-likeness (QED) is 0.654. The third kappa shape index (κ3) is 3.95. The maximum Gasteiger partial charge on any atom is 0.255 e. The Labute approximate surface area is 148 Å². The fraction of sp³-hybridized carbons (Fsp3) is 0.125. The van der Waals surface area contributed by atoms with Gasteiger partial charge in [-0.3, -0.25) is 4.79 Å². The van der Waals surface area contributed by atoms with Crippen molar-refractivity contribution in [3.63, 3.8) is 0 Å². The zero-order chi connectivity index (χ0) is 17.9. The molecule has 0 saturated heterocycles. The molecule has 3 rings (SSSR count). The summed E-state index contributed by atoms with van der Waals surface area (Å²) < 4.78 is 29.3. The van der Waals surface area contributed by atoms with Gasteiger partial charge in [0.2, 0.25) is 14.8 Å². The molecule has 0 aliphatic rings. The first-order valence-electron chi connectivity index (χ1n) is 7.39. The summed E-state index contributed by atoms with van der Waals surface area (Å²) in [5, 5.41) is 4.06. The maximum atomic E-state index is 12.1. The topological polar surface area (TPSA) is 92.6 Å². The number of thiazole rings is 1. The van der Waals surface area contributed by atoms with E-state index in [0.29, 0.717) is 4.80 Å². The van der Waals surface area contributed by atoms with Gasteiger partial charge in [-0.05, 0) is 24.3 Å². The number of rotatable bonds is 5. The number of amides is 1. The molecule has 130 valence electrons. The van der Waals surface area contributed by atoms with Crippen LogP contribution in [-0.2, 0) is 21.9 Å². The molecular formula is C16H16N4O3S2. The van der Waals surface area contributed by atoms with Gasteiger partial charge in [0.05, 0.1) is 21.7 Å². The van der Waals surface area contributed by atoms with Crippen LogP contribution in [0.5, 0.6) is 0 Å². The highest BCUT2D eigenvalue weighted by Gasteiger charge is 2.14. The Morgan fingerprint density at radius 3 is 2.52 bits per heavy atom. The van der Waals surface area contributed by atoms with Gasteiger partial charge in [0.1, 0.15) is 0 Å². The molecule has 2 aromatic carbocycles. The summed E-state index contributed by atoms with van der Waals surface area (Å²) in [5.41, 5.74) is 3.38. The van der Waals surface area contributed by atoms with Crippen LogP contribution < -0.4 is 14.9 Å². The van der Waals surface area contributed by atoms with Crippen molar-refractivity contribution < 1.29 is 13.2 Å². The SMILES string of the molecule is Cn1c(=NNC(=O)CNS(=O)(=O)c2ccccc2)sc2ccccc21. The molecule has 0 radical (unpaired) electrons. The lowest BCUT2D eigenvalue weighted by atomic mass is 10.3. The van der Waals surface area contributed by atoms with Crippen molar-refractivity contribution in [2.45, 2.75) is 4.90 Å². The average molecular weight is 376 g/mol. The normalized spacial score (nSPS) is 12.4. The fourth-order valence-corrected chi connectivity index (χ4v) is 4.16. The van der Waals surface area contributed by atoms with E-state index < -0.39 is 22.5 Å². The zero-order valence-corrected chi connectivity index (χ0v) is 15.0. The number of aromatic nitrogens is 1. The second-order valence-electron chi connectivity index (χ2n) is 5.20. The molecule has 3 aromatic rings. The van der Waals surface area contributed by atoms with Crippen LogP contribution >= 0.6 is 11.3 Å². The van der Waals surface area contributed by atoms with Crippen LogP contribution in [0.2, 0.25) is 0 Å². The van der Waals surface area contributed by atoms with Crippen molar-refractivity contribution in [1.29, 1.82) is 0 Å². The molecule has 1 aromatic heterocycles. The molecular weight excluding hydrogens is 360 g/mol. The zero-order valence-electron chi connectivity index (χ0n) is 13.3. The molecule has 1 amide bonds. The van der Waals surface area contributed by atoms with Gasteiger partial charge >= 0.3 is 0 Å². The van der Waals surface area contributed by atoms with Gasteiger partial charge < -0.3 is 4.57 Å². The fourth-order valence-electron chi connectivity index (χ4n) is 2.18. The molecule has 0 aliphatic heterocycles. The number of nitrogens with one attached hydrogen (secondary N) is 2. The molecule has 25 heavy (non-hydrogen) atoms. The first-order valence-corrected chi connectivity index (χ1v) is 9.69. The van der Waals surface area contributed by atoms with Gasteiger partial charge in [0, 0.05) is 7.05 Å². The smallest absolute Gasteiger partial charge is 0.255 e. The van der Waals surface area contributed by atoms with Crippen LogP contribution in [0.1, 0.15) is 0 Å². The van der Waals surface area contributed by atoms with E-state index in [1.165, 1.54) is 23.5 Å². The van der Waals surface area contributed by atoms with Gasteiger partial charge in [0.15, 0.2) is 0 Å². The Kier molecular flexibility index (Phi) is 4.98. The molecule has 0 fully saturated rings. The van der Waals surface area contributed by atoms with E-state index in [1.807, 2.05) is 35.9 Å². The highest BCUT2D eigenvalue weighted by Crippen LogP contribution is 2.14. The second-order valence-corrected chi connectivity index (χ2v) is 7.97. The Morgan fingerprint density at radius 2 is 1.80 bits per heavy atom. The Bertz CT molecular complexity index is 1070.